The molecule has 1 aromatic carbocycles. The number of carbonyl (C=O) groups is 1. The predicted octanol–water partition coefficient (Wildman–Crippen LogP) is 13.3. The fourth-order valence-electron chi connectivity index (χ4n) is 7.01. The van der Waals surface area contributed by atoms with E-state index in [2.05, 4.69) is 27.7 Å². The van der Waals surface area contributed by atoms with Crippen molar-refractivity contribution in [3.05, 3.63) is 31.4 Å². The number of hydrogen-bond donors (Lipinski definition) is 1. The summed E-state index contributed by atoms with van der Waals surface area (Å²) in [6.07, 6.45) is 32.0. The van der Waals surface area contributed by atoms with Crippen molar-refractivity contribution in [2.24, 2.45) is 0 Å². The molecule has 0 bridgehead atoms. The van der Waals surface area contributed by atoms with Gasteiger partial charge in [-0.15, -0.1) is 0 Å². The minimum absolute atomic E-state index is 0.163. The molecule has 0 fully saturated rings. The molecule has 0 atom stereocenters. The first-order chi connectivity index (χ1) is 21.9. The van der Waals surface area contributed by atoms with E-state index in [1.165, 1.54) is 127 Å². The van der Waals surface area contributed by atoms with Crippen LogP contribution in [0.1, 0.15) is 210 Å². The standard InChI is InChI=1S/C40H71IO4/c1-5-9-13-17-21-25-29-34-35(30-26-22-18-14-10-6-2)37(32-28-24-20-16-12-8-4)40(41(44)45)38(33-39(42)43)36(34)31-27-23-19-15-11-7-3/h5-33H2,1-4H3,(H,42,43). The fourth-order valence-corrected chi connectivity index (χ4v) is 9.18. The monoisotopic (exact) mass is 742 g/mol. The van der Waals surface area contributed by atoms with Crippen LogP contribution in [0.4, 0.5) is 0 Å². The molecule has 1 aromatic rings. The number of hydrogen-bond acceptors (Lipinski definition) is 3. The van der Waals surface area contributed by atoms with E-state index in [0.29, 0.717) is 9.13 Å². The lowest BCUT2D eigenvalue weighted by atomic mass is 9.82. The van der Waals surface area contributed by atoms with Crippen LogP contribution in [0.3, 0.4) is 0 Å². The topological polar surface area (TPSA) is 71.4 Å². The van der Waals surface area contributed by atoms with E-state index in [9.17, 15) is 16.0 Å². The predicted molar refractivity (Wildman–Crippen MR) is 200 cm³/mol. The van der Waals surface area contributed by atoms with Crippen LogP contribution in [-0.2, 0) is 43.0 Å². The molecular weight excluding hydrogens is 671 g/mol. The lowest BCUT2D eigenvalue weighted by Gasteiger charge is -2.25. The third-order valence-electron chi connectivity index (χ3n) is 9.59. The van der Waals surface area contributed by atoms with Gasteiger partial charge < -0.3 is 5.11 Å². The van der Waals surface area contributed by atoms with Crippen molar-refractivity contribution in [1.29, 1.82) is 0 Å². The highest BCUT2D eigenvalue weighted by molar-refractivity contribution is 14.2. The molecule has 0 amide bonds. The van der Waals surface area contributed by atoms with Gasteiger partial charge in [0.1, 0.15) is 0 Å². The number of carboxylic acids is 1. The molecule has 0 unspecified atom stereocenters. The van der Waals surface area contributed by atoms with Crippen LogP contribution in [0.2, 0.25) is 0 Å². The zero-order valence-corrected chi connectivity index (χ0v) is 32.2. The summed E-state index contributed by atoms with van der Waals surface area (Å²) in [6, 6.07) is 0. The van der Waals surface area contributed by atoms with Crippen LogP contribution in [0, 0.1) is 3.57 Å². The van der Waals surface area contributed by atoms with Crippen LogP contribution in [0.5, 0.6) is 0 Å². The first-order valence-electron chi connectivity index (χ1n) is 19.4. The summed E-state index contributed by atoms with van der Waals surface area (Å²) in [5.74, 6) is -0.905. The fraction of sp³-hybridized carbons (Fsp3) is 0.825. The Hall–Kier alpha value is -0.980. The van der Waals surface area contributed by atoms with Crippen molar-refractivity contribution < 1.29 is 16.0 Å². The third-order valence-corrected chi connectivity index (χ3v) is 11.8. The molecule has 0 aromatic heterocycles. The average Bonchev–Trinajstić information content (AvgIpc) is 3.01. The Balaban J connectivity index is 3.60. The Bertz CT molecular complexity index is 973. The minimum Gasteiger partial charge on any atom is -0.481 e. The van der Waals surface area contributed by atoms with Crippen molar-refractivity contribution in [1.82, 2.24) is 0 Å². The van der Waals surface area contributed by atoms with E-state index in [4.69, 9.17) is 0 Å². The highest BCUT2D eigenvalue weighted by Crippen LogP contribution is 2.38. The van der Waals surface area contributed by atoms with Crippen molar-refractivity contribution in [2.75, 3.05) is 0 Å². The summed E-state index contributed by atoms with van der Waals surface area (Å²) in [6.45, 7) is 8.97. The average molecular weight is 743 g/mol. The van der Waals surface area contributed by atoms with E-state index < -0.39 is 25.8 Å². The molecule has 0 saturated carbocycles. The minimum atomic E-state index is -3.94. The summed E-state index contributed by atoms with van der Waals surface area (Å²) in [4.78, 5) is 12.3. The highest BCUT2D eigenvalue weighted by atomic mass is 127. The van der Waals surface area contributed by atoms with Crippen molar-refractivity contribution >= 4 is 25.8 Å². The summed E-state index contributed by atoms with van der Waals surface area (Å²) in [5.41, 5.74) is 5.47. The van der Waals surface area contributed by atoms with Gasteiger partial charge in [-0.25, -0.2) is 6.14 Å². The molecule has 0 aliphatic rings. The second-order valence-corrected chi connectivity index (χ2v) is 15.9. The maximum absolute atomic E-state index is 13.2. The van der Waals surface area contributed by atoms with Gasteiger partial charge in [0, 0.05) is 0 Å². The number of benzene rings is 1. The Morgan fingerprint density at radius 2 is 0.689 bits per heavy atom. The Morgan fingerprint density at radius 1 is 0.422 bits per heavy atom. The molecule has 0 saturated heterocycles. The molecular formula is C40H71IO4. The van der Waals surface area contributed by atoms with Gasteiger partial charge in [0.25, 0.3) is 0 Å². The molecule has 262 valence electrons. The van der Waals surface area contributed by atoms with E-state index in [0.717, 1.165) is 75.3 Å². The molecule has 45 heavy (non-hydrogen) atoms. The molecule has 5 heteroatoms. The quantitative estimate of drug-likeness (QED) is 0.0607. The Labute approximate surface area is 285 Å². The van der Waals surface area contributed by atoms with Gasteiger partial charge in [0.15, 0.2) is 0 Å². The van der Waals surface area contributed by atoms with Crippen LogP contribution in [-0.4, -0.2) is 11.1 Å². The zero-order chi connectivity index (χ0) is 33.1. The van der Waals surface area contributed by atoms with Gasteiger partial charge >= 0.3 is 25.8 Å². The number of carboxylic acid groups (broad SMARTS) is 1. The molecule has 0 radical (unpaired) electrons. The number of aliphatic carboxylic acids is 1. The zero-order valence-electron chi connectivity index (χ0n) is 30.1. The summed E-state index contributed by atoms with van der Waals surface area (Å²) >= 11 is -3.94. The maximum atomic E-state index is 13.2. The number of halogens is 1. The molecule has 4 nitrogen and oxygen atoms in total. The Morgan fingerprint density at radius 3 is 1.00 bits per heavy atom. The highest BCUT2D eigenvalue weighted by Gasteiger charge is 2.27. The normalized spacial score (nSPS) is 11.6. The van der Waals surface area contributed by atoms with Gasteiger partial charge in [0.2, 0.25) is 0 Å². The SMILES string of the molecule is CCCCCCCCc1c(CCCCCCCC)c(CCCCCCCC)c(I(=O)=O)c(CC(=O)O)c1CCCCCCCC. The number of unbranched alkanes of at least 4 members (excludes halogenated alkanes) is 20. The van der Waals surface area contributed by atoms with Crippen LogP contribution < -0.4 is 0 Å². The summed E-state index contributed by atoms with van der Waals surface area (Å²) in [5, 5.41) is 10.1. The maximum Gasteiger partial charge on any atom is 0.341 e. The molecule has 0 aliphatic carbocycles. The Kier molecular flexibility index (Phi) is 26.2. The van der Waals surface area contributed by atoms with Crippen molar-refractivity contribution in [2.45, 2.75) is 214 Å². The molecule has 1 rings (SSSR count). The van der Waals surface area contributed by atoms with Gasteiger partial charge in [0.05, 0.1) is 9.99 Å². The molecule has 0 aliphatic heterocycles. The van der Waals surface area contributed by atoms with Crippen LogP contribution >= 0.6 is 19.8 Å². The molecule has 0 spiro atoms. The van der Waals surface area contributed by atoms with Gasteiger partial charge in [-0.1, -0.05) is 156 Å². The van der Waals surface area contributed by atoms with E-state index in [1.54, 1.807) is 0 Å². The lowest BCUT2D eigenvalue weighted by Crippen LogP contribution is -2.16. The first-order valence-corrected chi connectivity index (χ1v) is 22.2. The van der Waals surface area contributed by atoms with Crippen LogP contribution in [0.25, 0.3) is 0 Å². The molecule has 0 heterocycles. The van der Waals surface area contributed by atoms with E-state index >= 15 is 0 Å². The van der Waals surface area contributed by atoms with Gasteiger partial charge in [-0.05, 0) is 79.2 Å². The lowest BCUT2D eigenvalue weighted by molar-refractivity contribution is -0.136. The van der Waals surface area contributed by atoms with E-state index in [-0.39, 0.29) is 6.42 Å². The van der Waals surface area contributed by atoms with Crippen LogP contribution in [0.15, 0.2) is 0 Å². The molecule has 1 N–H and O–H groups in total. The van der Waals surface area contributed by atoms with Crippen molar-refractivity contribution in [3.63, 3.8) is 0 Å². The second kappa shape index (κ2) is 28.1. The second-order valence-electron chi connectivity index (χ2n) is 13.6. The summed E-state index contributed by atoms with van der Waals surface area (Å²) < 4.78 is 26.9. The third kappa shape index (κ3) is 18.2. The largest absolute Gasteiger partial charge is 0.481 e. The van der Waals surface area contributed by atoms with Gasteiger partial charge in [-0.2, -0.15) is 0 Å². The van der Waals surface area contributed by atoms with E-state index in [1.807, 2.05) is 0 Å². The van der Waals surface area contributed by atoms with Crippen molar-refractivity contribution in [3.8, 4) is 0 Å². The smallest absolute Gasteiger partial charge is 0.341 e. The number of rotatable bonds is 31. The van der Waals surface area contributed by atoms with Gasteiger partial charge in [-0.3, -0.25) is 4.79 Å². The first kappa shape index (κ1) is 42.0. The summed E-state index contributed by atoms with van der Waals surface area (Å²) in [7, 11) is 0.